The number of nitrogens with one attached hydrogen (secondary N) is 1. The van der Waals surface area contributed by atoms with Gasteiger partial charge in [-0.25, -0.2) is 0 Å². The number of alkyl halides is 3. The first-order valence-electron chi connectivity index (χ1n) is 7.35. The maximum atomic E-state index is 12.5. The van der Waals surface area contributed by atoms with E-state index in [4.69, 9.17) is 5.26 Å². The number of likely N-dealkylation sites (tertiary alicyclic amines) is 1. The number of benzene rings is 1. The minimum absolute atomic E-state index is 0.0980. The summed E-state index contributed by atoms with van der Waals surface area (Å²) in [6, 6.07) is 5.02. The molecule has 1 N–H and O–H groups in total. The van der Waals surface area contributed by atoms with E-state index in [1.807, 2.05) is 0 Å². The lowest BCUT2D eigenvalue weighted by Crippen LogP contribution is -2.41. The largest absolute Gasteiger partial charge is 0.416 e. The van der Waals surface area contributed by atoms with E-state index in [9.17, 15) is 22.8 Å². The van der Waals surface area contributed by atoms with Gasteiger partial charge >= 0.3 is 6.18 Å². The number of carbonyl (C=O) groups excluding carboxylic acids is 2. The third-order valence-electron chi connectivity index (χ3n) is 4.00. The fraction of sp³-hybridized carbons (Fsp3) is 0.438. The molecule has 1 saturated heterocycles. The van der Waals surface area contributed by atoms with Crippen LogP contribution in [0, 0.1) is 17.2 Å². The number of rotatable bonds is 4. The summed E-state index contributed by atoms with van der Waals surface area (Å²) < 4.78 is 37.5. The lowest BCUT2D eigenvalue weighted by atomic mass is 9.97. The molecule has 1 fully saturated rings. The molecule has 1 aromatic rings. The number of halogens is 3. The highest BCUT2D eigenvalue weighted by Crippen LogP contribution is 2.30. The second-order valence-electron chi connectivity index (χ2n) is 5.67. The van der Waals surface area contributed by atoms with Crippen molar-refractivity contribution in [3.05, 3.63) is 29.8 Å². The number of carbonyl (C=O) groups is 2. The van der Waals surface area contributed by atoms with Crippen molar-refractivity contribution < 1.29 is 22.8 Å². The molecule has 0 aliphatic carbocycles. The summed E-state index contributed by atoms with van der Waals surface area (Å²) in [6.45, 7) is 0.717. The highest BCUT2D eigenvalue weighted by Gasteiger charge is 2.37. The van der Waals surface area contributed by atoms with Crippen LogP contribution in [-0.2, 0) is 15.8 Å². The van der Waals surface area contributed by atoms with Gasteiger partial charge in [-0.2, -0.15) is 18.4 Å². The van der Waals surface area contributed by atoms with Crippen molar-refractivity contribution in [1.82, 2.24) is 4.90 Å². The molecule has 2 unspecified atom stereocenters. The third-order valence-corrected chi connectivity index (χ3v) is 4.00. The number of likely N-dealkylation sites (N-methyl/N-ethyl adjacent to an activating group) is 1. The molecule has 1 aromatic carbocycles. The zero-order valence-electron chi connectivity index (χ0n) is 12.9. The monoisotopic (exact) mass is 339 g/mol. The Morgan fingerprint density at radius 2 is 1.96 bits per heavy atom. The zero-order valence-corrected chi connectivity index (χ0v) is 12.9. The van der Waals surface area contributed by atoms with E-state index in [1.54, 1.807) is 18.0 Å². The van der Waals surface area contributed by atoms with Crippen LogP contribution >= 0.6 is 0 Å². The van der Waals surface area contributed by atoms with Gasteiger partial charge in [0.05, 0.1) is 17.7 Å². The van der Waals surface area contributed by atoms with E-state index in [-0.39, 0.29) is 5.69 Å². The Kier molecular flexibility index (Phi) is 5.24. The lowest BCUT2D eigenvalue weighted by Gasteiger charge is -2.20. The molecule has 2 rings (SSSR count). The first-order valence-corrected chi connectivity index (χ1v) is 7.35. The minimum atomic E-state index is -4.47. The SMILES string of the molecule is CN1CCCC1C(=O)C(C#N)C(=O)Nc1ccc(C(F)(F)F)cc1. The van der Waals surface area contributed by atoms with Gasteiger partial charge < -0.3 is 5.32 Å². The van der Waals surface area contributed by atoms with Gasteiger partial charge in [-0.1, -0.05) is 0 Å². The van der Waals surface area contributed by atoms with E-state index < -0.39 is 35.4 Å². The van der Waals surface area contributed by atoms with Crippen LogP contribution in [0.1, 0.15) is 18.4 Å². The maximum Gasteiger partial charge on any atom is 0.416 e. The highest BCUT2D eigenvalue weighted by molar-refractivity contribution is 6.11. The molecule has 0 radical (unpaired) electrons. The summed E-state index contributed by atoms with van der Waals surface area (Å²) in [5.74, 6) is -2.80. The molecule has 0 spiro atoms. The normalized spacial score (nSPS) is 19.5. The van der Waals surface area contributed by atoms with Gasteiger partial charge in [0.25, 0.3) is 0 Å². The number of anilines is 1. The summed E-state index contributed by atoms with van der Waals surface area (Å²) in [4.78, 5) is 26.3. The van der Waals surface area contributed by atoms with Gasteiger partial charge in [0.2, 0.25) is 5.91 Å². The maximum absolute atomic E-state index is 12.5. The summed E-state index contributed by atoms with van der Waals surface area (Å²) in [7, 11) is 1.75. The van der Waals surface area contributed by atoms with Crippen molar-refractivity contribution in [2.45, 2.75) is 25.1 Å². The van der Waals surface area contributed by atoms with Crippen LogP contribution in [0.2, 0.25) is 0 Å². The fourth-order valence-electron chi connectivity index (χ4n) is 2.67. The number of amides is 1. The Bertz CT molecular complexity index is 665. The van der Waals surface area contributed by atoms with Gasteiger partial charge in [-0.15, -0.1) is 0 Å². The van der Waals surface area contributed by atoms with Gasteiger partial charge in [0.1, 0.15) is 0 Å². The van der Waals surface area contributed by atoms with E-state index >= 15 is 0 Å². The average Bonchev–Trinajstić information content (AvgIpc) is 2.93. The van der Waals surface area contributed by atoms with Crippen LogP contribution in [0.15, 0.2) is 24.3 Å². The molecular weight excluding hydrogens is 323 g/mol. The number of hydrogen-bond acceptors (Lipinski definition) is 4. The second-order valence-corrected chi connectivity index (χ2v) is 5.67. The van der Waals surface area contributed by atoms with E-state index in [1.165, 1.54) is 0 Å². The van der Waals surface area contributed by atoms with E-state index in [0.29, 0.717) is 6.42 Å². The van der Waals surface area contributed by atoms with Crippen molar-refractivity contribution in [2.75, 3.05) is 18.9 Å². The summed E-state index contributed by atoms with van der Waals surface area (Å²) in [6.07, 6.45) is -3.08. The molecule has 0 aromatic heterocycles. The number of nitriles is 1. The molecule has 1 heterocycles. The van der Waals surface area contributed by atoms with Gasteiger partial charge in [0, 0.05) is 5.69 Å². The number of Topliss-reactive ketones (excluding diaryl/α,β-unsaturated/α-hetero) is 1. The number of nitrogens with zero attached hydrogens (tertiary/aromatic N) is 2. The molecular formula is C16H16F3N3O2. The topological polar surface area (TPSA) is 73.2 Å². The molecule has 5 nitrogen and oxygen atoms in total. The molecule has 1 aliphatic heterocycles. The molecule has 128 valence electrons. The van der Waals surface area contributed by atoms with Crippen LogP contribution in [0.3, 0.4) is 0 Å². The molecule has 24 heavy (non-hydrogen) atoms. The summed E-state index contributed by atoms with van der Waals surface area (Å²) in [5, 5.41) is 11.5. The average molecular weight is 339 g/mol. The van der Waals surface area contributed by atoms with Crippen LogP contribution in [-0.4, -0.2) is 36.2 Å². The zero-order chi connectivity index (χ0) is 17.9. The summed E-state index contributed by atoms with van der Waals surface area (Å²) >= 11 is 0. The molecule has 8 heteroatoms. The minimum Gasteiger partial charge on any atom is -0.325 e. The van der Waals surface area contributed by atoms with Crippen molar-refractivity contribution in [3.8, 4) is 6.07 Å². The smallest absolute Gasteiger partial charge is 0.325 e. The van der Waals surface area contributed by atoms with Gasteiger partial charge in [-0.3, -0.25) is 14.5 Å². The van der Waals surface area contributed by atoms with E-state index in [2.05, 4.69) is 5.32 Å². The predicted octanol–water partition coefficient (Wildman–Crippen LogP) is 2.45. The quantitative estimate of drug-likeness (QED) is 0.855. The van der Waals surface area contributed by atoms with Crippen LogP contribution < -0.4 is 5.32 Å². The Morgan fingerprint density at radius 3 is 2.42 bits per heavy atom. The van der Waals surface area contributed by atoms with Gasteiger partial charge in [0.15, 0.2) is 11.7 Å². The van der Waals surface area contributed by atoms with E-state index in [0.717, 1.165) is 37.2 Å². The van der Waals surface area contributed by atoms with Crippen LogP contribution in [0.4, 0.5) is 18.9 Å². The van der Waals surface area contributed by atoms with Crippen molar-refractivity contribution in [2.24, 2.45) is 5.92 Å². The standard InChI is InChI=1S/C16H16F3N3O2/c1-22-8-2-3-13(22)14(23)12(9-20)15(24)21-11-6-4-10(5-7-11)16(17,18)19/h4-7,12-13H,2-3,8H2,1H3,(H,21,24). The third kappa shape index (κ3) is 3.92. The number of hydrogen-bond donors (Lipinski definition) is 1. The molecule has 1 aliphatic rings. The van der Waals surface area contributed by atoms with Gasteiger partial charge in [-0.05, 0) is 50.7 Å². The molecule has 0 bridgehead atoms. The molecule has 2 atom stereocenters. The molecule has 1 amide bonds. The number of ketones is 1. The van der Waals surface area contributed by atoms with Crippen LogP contribution in [0.25, 0.3) is 0 Å². The second kappa shape index (κ2) is 7.01. The van der Waals surface area contributed by atoms with Crippen molar-refractivity contribution in [3.63, 3.8) is 0 Å². The predicted molar refractivity (Wildman–Crippen MR) is 79.8 cm³/mol. The van der Waals surface area contributed by atoms with Crippen LogP contribution in [0.5, 0.6) is 0 Å². The Morgan fingerprint density at radius 1 is 1.33 bits per heavy atom. The first kappa shape index (κ1) is 17.9. The fourth-order valence-corrected chi connectivity index (χ4v) is 2.67. The van der Waals surface area contributed by atoms with Crippen molar-refractivity contribution in [1.29, 1.82) is 5.26 Å². The first-order chi connectivity index (χ1) is 11.2. The Balaban J connectivity index is 2.07. The Hall–Kier alpha value is -2.40. The van der Waals surface area contributed by atoms with Crippen molar-refractivity contribution >= 4 is 17.4 Å². The summed E-state index contributed by atoms with van der Waals surface area (Å²) in [5.41, 5.74) is -0.748. The lowest BCUT2D eigenvalue weighted by molar-refractivity contribution is -0.137. The molecule has 0 saturated carbocycles. The highest BCUT2D eigenvalue weighted by atomic mass is 19.4. The Labute approximate surface area is 137 Å².